The topological polar surface area (TPSA) is 128 Å². The Morgan fingerprint density at radius 2 is 2.05 bits per heavy atom. The van der Waals surface area contributed by atoms with E-state index >= 15 is 0 Å². The van der Waals surface area contributed by atoms with Gasteiger partial charge in [0, 0.05) is 36.2 Å². The van der Waals surface area contributed by atoms with Crippen LogP contribution in [0.2, 0.25) is 0 Å². The molecule has 2 unspecified atom stereocenters. The molecule has 2 atom stereocenters. The van der Waals surface area contributed by atoms with Crippen LogP contribution in [0.3, 0.4) is 0 Å². The lowest BCUT2D eigenvalue weighted by Gasteiger charge is -2.61. The van der Waals surface area contributed by atoms with Gasteiger partial charge in [0.05, 0.1) is 30.3 Å². The highest BCUT2D eigenvalue weighted by Gasteiger charge is 2.57. The van der Waals surface area contributed by atoms with Gasteiger partial charge in [-0.2, -0.15) is 5.10 Å². The maximum Gasteiger partial charge on any atom is 0.522 e. The van der Waals surface area contributed by atoms with Gasteiger partial charge in [0.15, 0.2) is 5.82 Å². The lowest BCUT2D eigenvalue weighted by atomic mass is 9.50. The number of hydrogen-bond acceptors (Lipinski definition) is 8. The highest BCUT2D eigenvalue weighted by Crippen LogP contribution is 2.57. The number of fused-ring (bicyclic) bond motifs is 1. The normalized spacial score (nSPS) is 28.1. The average Bonchev–Trinajstić information content (AvgIpc) is 3.19. The molecule has 4 aliphatic carbocycles. The maximum atomic E-state index is 12.5. The summed E-state index contributed by atoms with van der Waals surface area (Å²) in [6.07, 6.45) is 1.27. The summed E-state index contributed by atoms with van der Waals surface area (Å²) in [6, 6.07) is 3.56. The van der Waals surface area contributed by atoms with Gasteiger partial charge < -0.3 is 20.1 Å². The van der Waals surface area contributed by atoms with Gasteiger partial charge in [-0.05, 0) is 38.0 Å². The van der Waals surface area contributed by atoms with Crippen LogP contribution in [0, 0.1) is 5.92 Å². The molecule has 11 nitrogen and oxygen atoms in total. The van der Waals surface area contributed by atoms with Gasteiger partial charge in [-0.1, -0.05) is 0 Å². The predicted octanol–water partition coefficient (Wildman–Crippen LogP) is 4.22. The fourth-order valence-electron chi connectivity index (χ4n) is 5.57. The number of aromatic nitrogens is 5. The van der Waals surface area contributed by atoms with Crippen molar-refractivity contribution in [2.45, 2.75) is 75.2 Å². The fraction of sp³-hybridized carbons (Fsp3) is 0.583. The van der Waals surface area contributed by atoms with E-state index in [-0.39, 0.29) is 23.4 Å². The van der Waals surface area contributed by atoms with Crippen LogP contribution < -0.4 is 10.6 Å². The van der Waals surface area contributed by atoms with Crippen molar-refractivity contribution in [3.05, 3.63) is 35.4 Å². The number of carbonyl (C=O) groups excluding carboxylic acids is 1. The number of nitrogens with zero attached hydrogens (tertiary/aromatic N) is 4. The lowest BCUT2D eigenvalue weighted by Crippen LogP contribution is -2.68. The number of alkyl halides is 3. The highest BCUT2D eigenvalue weighted by molar-refractivity contribution is 5.69. The monoisotopic (exact) mass is 533 g/mol. The van der Waals surface area contributed by atoms with Crippen molar-refractivity contribution >= 4 is 23.5 Å². The first-order chi connectivity index (χ1) is 18.2. The number of anilines is 2. The first-order valence-electron chi connectivity index (χ1n) is 12.7. The molecular formula is C24H26F3N7O4. The molecule has 5 fully saturated rings. The molecule has 0 aromatic carbocycles. The van der Waals surface area contributed by atoms with Crippen LogP contribution in [0.1, 0.15) is 67.6 Å². The number of rotatable bonds is 8. The zero-order chi connectivity index (χ0) is 26.1. The standard InChI is InChI=1S/C24H26F3N7O4/c25-24(26,27)37-10-14-9-34-20(28-14)5-16(13-1-2-13)29-21(34)30-19-4-17(32-33-19)18-3-15(11-36-18)38-22(35)31-23-6-12(7-23)8-23/h4-5,9,12-13,15,18H,1-3,6-8,10-11H2,(H,31,35)(H2,29,30,32,33). The second-order valence-corrected chi connectivity index (χ2v) is 10.8. The van der Waals surface area contributed by atoms with Gasteiger partial charge in [-0.15, -0.1) is 13.2 Å². The Labute approximate surface area is 214 Å². The van der Waals surface area contributed by atoms with Crippen molar-refractivity contribution in [3.8, 4) is 0 Å². The number of nitrogens with one attached hydrogen (secondary N) is 3. The Hall–Kier alpha value is -3.39. The third-order valence-corrected chi connectivity index (χ3v) is 7.73. The molecule has 1 aliphatic heterocycles. The Kier molecular flexibility index (Phi) is 5.34. The minimum absolute atomic E-state index is 0.0395. The van der Waals surface area contributed by atoms with E-state index in [1.54, 1.807) is 16.5 Å². The van der Waals surface area contributed by atoms with E-state index in [4.69, 9.17) is 9.47 Å². The van der Waals surface area contributed by atoms with E-state index in [9.17, 15) is 18.0 Å². The number of imidazole rings is 1. The molecule has 0 spiro atoms. The molecule has 3 N–H and O–H groups in total. The smallest absolute Gasteiger partial charge is 0.444 e. The van der Waals surface area contributed by atoms with Crippen molar-refractivity contribution in [2.24, 2.45) is 5.92 Å². The van der Waals surface area contributed by atoms with Gasteiger partial charge in [-0.25, -0.2) is 14.8 Å². The van der Waals surface area contributed by atoms with Crippen LogP contribution in [0.5, 0.6) is 0 Å². The van der Waals surface area contributed by atoms with Gasteiger partial charge in [0.2, 0.25) is 5.95 Å². The second kappa shape index (κ2) is 8.56. The fourth-order valence-corrected chi connectivity index (χ4v) is 5.57. The third kappa shape index (κ3) is 4.66. The Bertz CT molecular complexity index is 1370. The number of ether oxygens (including phenoxy) is 3. The molecule has 3 aromatic heterocycles. The number of amides is 1. The summed E-state index contributed by atoms with van der Waals surface area (Å²) < 4.78 is 54.5. The van der Waals surface area contributed by atoms with E-state index in [1.165, 1.54) is 6.20 Å². The first-order valence-corrected chi connectivity index (χ1v) is 12.7. The van der Waals surface area contributed by atoms with E-state index in [1.807, 2.05) is 0 Å². The minimum atomic E-state index is -4.74. The molecule has 14 heteroatoms. The number of alkyl carbamates (subject to hydrolysis) is 1. The van der Waals surface area contributed by atoms with Crippen LogP contribution >= 0.6 is 0 Å². The van der Waals surface area contributed by atoms with E-state index in [0.717, 1.165) is 43.7 Å². The van der Waals surface area contributed by atoms with Crippen molar-refractivity contribution in [1.82, 2.24) is 29.9 Å². The molecular weight excluding hydrogens is 507 g/mol. The number of aromatic amines is 1. The number of halogens is 3. The minimum Gasteiger partial charge on any atom is -0.444 e. The van der Waals surface area contributed by atoms with Crippen LogP contribution in [0.4, 0.5) is 29.7 Å². The Morgan fingerprint density at radius 3 is 2.76 bits per heavy atom. The van der Waals surface area contributed by atoms with Gasteiger partial charge in [-0.3, -0.25) is 14.2 Å². The zero-order valence-corrected chi connectivity index (χ0v) is 20.3. The quantitative estimate of drug-likeness (QED) is 0.393. The Morgan fingerprint density at radius 1 is 1.24 bits per heavy atom. The molecule has 1 saturated heterocycles. The molecule has 0 radical (unpaired) electrons. The summed E-state index contributed by atoms with van der Waals surface area (Å²) >= 11 is 0. The third-order valence-electron chi connectivity index (χ3n) is 7.73. The van der Waals surface area contributed by atoms with Crippen LogP contribution in [-0.4, -0.2) is 55.3 Å². The molecule has 202 valence electrons. The van der Waals surface area contributed by atoms with E-state index < -0.39 is 19.1 Å². The molecule has 3 aromatic rings. The molecule has 5 aliphatic rings. The van der Waals surface area contributed by atoms with Crippen molar-refractivity contribution < 1.29 is 32.2 Å². The summed E-state index contributed by atoms with van der Waals surface area (Å²) in [4.78, 5) is 21.2. The van der Waals surface area contributed by atoms with E-state index in [0.29, 0.717) is 42.1 Å². The molecule has 1 amide bonds. The number of H-pyrrole nitrogens is 1. The summed E-state index contributed by atoms with van der Waals surface area (Å²) in [6.45, 7) is -0.406. The van der Waals surface area contributed by atoms with Gasteiger partial charge in [0.1, 0.15) is 17.9 Å². The zero-order valence-electron chi connectivity index (χ0n) is 20.3. The molecule has 2 bridgehead atoms. The average molecular weight is 534 g/mol. The summed E-state index contributed by atoms with van der Waals surface area (Å²) in [5.41, 5.74) is 2.09. The van der Waals surface area contributed by atoms with Crippen molar-refractivity contribution in [1.29, 1.82) is 0 Å². The predicted molar refractivity (Wildman–Crippen MR) is 124 cm³/mol. The van der Waals surface area contributed by atoms with Crippen LogP contribution in [0.25, 0.3) is 5.65 Å². The number of hydrogen-bond donors (Lipinski definition) is 3. The first kappa shape index (κ1) is 23.7. The second-order valence-electron chi connectivity index (χ2n) is 10.8. The highest BCUT2D eigenvalue weighted by atomic mass is 19.4. The summed E-state index contributed by atoms with van der Waals surface area (Å²) in [5.74, 6) is 1.90. The molecule has 8 rings (SSSR count). The van der Waals surface area contributed by atoms with Gasteiger partial charge in [0.25, 0.3) is 0 Å². The van der Waals surface area contributed by atoms with Crippen molar-refractivity contribution in [2.75, 3.05) is 11.9 Å². The SMILES string of the molecule is O=C(NC12CC(C1)C2)OC1COC(c2cc(Nc3nc(C4CC4)cc4nc(COC(F)(F)F)cn34)n[nH]2)C1. The maximum absolute atomic E-state index is 12.5. The molecule has 4 heterocycles. The van der Waals surface area contributed by atoms with Crippen molar-refractivity contribution in [3.63, 3.8) is 0 Å². The number of carbonyl (C=O) groups is 1. The van der Waals surface area contributed by atoms with Crippen LogP contribution in [0.15, 0.2) is 18.3 Å². The summed E-state index contributed by atoms with van der Waals surface area (Å²) in [5, 5.41) is 13.4. The lowest BCUT2D eigenvalue weighted by molar-refractivity contribution is -0.330. The molecule has 38 heavy (non-hydrogen) atoms. The van der Waals surface area contributed by atoms with E-state index in [2.05, 4.69) is 35.5 Å². The Balaban J connectivity index is 1.02. The molecule has 4 saturated carbocycles. The van der Waals surface area contributed by atoms with Crippen LogP contribution in [-0.2, 0) is 20.8 Å². The largest absolute Gasteiger partial charge is 0.522 e. The summed E-state index contributed by atoms with van der Waals surface area (Å²) in [7, 11) is 0. The van der Waals surface area contributed by atoms with Gasteiger partial charge >= 0.3 is 12.5 Å².